The van der Waals surface area contributed by atoms with Crippen LogP contribution in [0.2, 0.25) is 0 Å². The van der Waals surface area contributed by atoms with E-state index in [0.29, 0.717) is 18.0 Å². The zero-order chi connectivity index (χ0) is 14.0. The van der Waals surface area contributed by atoms with E-state index in [-0.39, 0.29) is 0 Å². The third-order valence-corrected chi connectivity index (χ3v) is 3.01. The standard InChI is InChI=1S/C12H17N5O2/c1-4-5-12(3,10(18)19)16-9-6-8(2)15-11-13-7-14-17(9)11/h6-7,16H,4-5H2,1-3H3,(H,18,19). The number of carbonyl (C=O) groups is 1. The fraction of sp³-hybridized carbons (Fsp3) is 0.500. The number of aromatic nitrogens is 4. The predicted octanol–water partition coefficient (Wildman–Crippen LogP) is 1.49. The summed E-state index contributed by atoms with van der Waals surface area (Å²) in [5.41, 5.74) is -0.284. The molecular formula is C12H17N5O2. The van der Waals surface area contributed by atoms with Gasteiger partial charge in [-0.15, -0.1) is 0 Å². The van der Waals surface area contributed by atoms with Gasteiger partial charge >= 0.3 is 5.97 Å². The summed E-state index contributed by atoms with van der Waals surface area (Å²) in [6.07, 6.45) is 2.67. The molecule has 0 aliphatic heterocycles. The van der Waals surface area contributed by atoms with Crippen molar-refractivity contribution in [2.24, 2.45) is 0 Å². The summed E-state index contributed by atoms with van der Waals surface area (Å²) in [4.78, 5) is 19.7. The smallest absolute Gasteiger partial charge is 0.329 e. The van der Waals surface area contributed by atoms with Crippen molar-refractivity contribution in [2.75, 3.05) is 5.32 Å². The second-order valence-corrected chi connectivity index (χ2v) is 4.77. The van der Waals surface area contributed by atoms with Crippen LogP contribution in [0.5, 0.6) is 0 Å². The third-order valence-electron chi connectivity index (χ3n) is 3.01. The van der Waals surface area contributed by atoms with Gasteiger partial charge in [-0.3, -0.25) is 0 Å². The van der Waals surface area contributed by atoms with Gasteiger partial charge in [-0.05, 0) is 20.3 Å². The van der Waals surface area contributed by atoms with Gasteiger partial charge in [0.25, 0.3) is 5.78 Å². The van der Waals surface area contributed by atoms with Gasteiger partial charge in [0.2, 0.25) is 0 Å². The van der Waals surface area contributed by atoms with Crippen molar-refractivity contribution in [2.45, 2.75) is 39.2 Å². The number of carboxylic acids is 1. The van der Waals surface area contributed by atoms with E-state index >= 15 is 0 Å². The minimum absolute atomic E-state index is 0.451. The van der Waals surface area contributed by atoms with E-state index in [0.717, 1.165) is 12.1 Å². The lowest BCUT2D eigenvalue weighted by Gasteiger charge is -2.27. The molecular weight excluding hydrogens is 246 g/mol. The lowest BCUT2D eigenvalue weighted by Crippen LogP contribution is -2.43. The molecule has 0 amide bonds. The minimum atomic E-state index is -1.04. The predicted molar refractivity (Wildman–Crippen MR) is 70.1 cm³/mol. The van der Waals surface area contributed by atoms with Gasteiger partial charge < -0.3 is 10.4 Å². The number of carboxylic acid groups (broad SMARTS) is 1. The first kappa shape index (κ1) is 13.3. The van der Waals surface area contributed by atoms with Gasteiger partial charge in [0.05, 0.1) is 0 Å². The molecule has 2 heterocycles. The van der Waals surface area contributed by atoms with E-state index in [2.05, 4.69) is 20.4 Å². The van der Waals surface area contributed by atoms with Crippen molar-refractivity contribution in [1.82, 2.24) is 19.6 Å². The molecule has 0 aromatic carbocycles. The Kier molecular flexibility index (Phi) is 3.37. The summed E-state index contributed by atoms with van der Waals surface area (Å²) in [6.45, 7) is 5.45. The summed E-state index contributed by atoms with van der Waals surface area (Å²) in [6, 6.07) is 1.76. The molecule has 0 fully saturated rings. The number of aliphatic carboxylic acids is 1. The molecule has 7 nitrogen and oxygen atoms in total. The number of nitrogens with one attached hydrogen (secondary N) is 1. The summed E-state index contributed by atoms with van der Waals surface area (Å²) in [7, 11) is 0. The van der Waals surface area contributed by atoms with Gasteiger partial charge in [-0.1, -0.05) is 13.3 Å². The maximum Gasteiger partial charge on any atom is 0.329 e. The van der Waals surface area contributed by atoms with Crippen molar-refractivity contribution in [3.05, 3.63) is 18.1 Å². The zero-order valence-electron chi connectivity index (χ0n) is 11.2. The second-order valence-electron chi connectivity index (χ2n) is 4.77. The van der Waals surface area contributed by atoms with Gasteiger partial charge in [0, 0.05) is 11.8 Å². The molecule has 7 heteroatoms. The Labute approximate surface area is 110 Å². The summed E-state index contributed by atoms with van der Waals surface area (Å²) in [5.74, 6) is 0.141. The minimum Gasteiger partial charge on any atom is -0.480 e. The van der Waals surface area contributed by atoms with Crippen molar-refractivity contribution >= 4 is 17.6 Å². The molecule has 1 atom stereocenters. The summed E-state index contributed by atoms with van der Waals surface area (Å²) < 4.78 is 1.50. The highest BCUT2D eigenvalue weighted by Gasteiger charge is 2.32. The average Bonchev–Trinajstić information content (AvgIpc) is 2.77. The number of nitrogens with zero attached hydrogens (tertiary/aromatic N) is 4. The van der Waals surface area contributed by atoms with Crippen molar-refractivity contribution in [3.63, 3.8) is 0 Å². The molecule has 2 rings (SSSR count). The quantitative estimate of drug-likeness (QED) is 0.849. The Morgan fingerprint density at radius 1 is 1.58 bits per heavy atom. The number of rotatable bonds is 5. The number of anilines is 1. The van der Waals surface area contributed by atoms with E-state index in [9.17, 15) is 9.90 Å². The van der Waals surface area contributed by atoms with Crippen LogP contribution in [0.1, 0.15) is 32.4 Å². The van der Waals surface area contributed by atoms with E-state index in [1.165, 1.54) is 10.8 Å². The van der Waals surface area contributed by atoms with Crippen LogP contribution in [0.4, 0.5) is 5.82 Å². The molecule has 0 saturated heterocycles. The van der Waals surface area contributed by atoms with Crippen molar-refractivity contribution in [1.29, 1.82) is 0 Å². The highest BCUT2D eigenvalue weighted by Crippen LogP contribution is 2.21. The molecule has 0 saturated carbocycles. The van der Waals surface area contributed by atoms with E-state index in [4.69, 9.17) is 0 Å². The van der Waals surface area contributed by atoms with E-state index < -0.39 is 11.5 Å². The molecule has 2 N–H and O–H groups in total. The van der Waals surface area contributed by atoms with Crippen LogP contribution in [-0.2, 0) is 4.79 Å². The number of fused-ring (bicyclic) bond motifs is 1. The molecule has 0 aliphatic carbocycles. The third kappa shape index (κ3) is 2.49. The number of hydrogen-bond acceptors (Lipinski definition) is 5. The molecule has 102 valence electrons. The lowest BCUT2D eigenvalue weighted by molar-refractivity contribution is -0.142. The van der Waals surface area contributed by atoms with Crippen molar-refractivity contribution in [3.8, 4) is 0 Å². The van der Waals surface area contributed by atoms with E-state index in [1.54, 1.807) is 13.0 Å². The van der Waals surface area contributed by atoms with Crippen LogP contribution in [-0.4, -0.2) is 36.2 Å². The normalized spacial score (nSPS) is 14.3. The van der Waals surface area contributed by atoms with Gasteiger partial charge in [-0.2, -0.15) is 14.6 Å². The molecule has 2 aromatic heterocycles. The van der Waals surface area contributed by atoms with Crippen LogP contribution in [0.25, 0.3) is 5.78 Å². The van der Waals surface area contributed by atoms with Crippen LogP contribution in [0, 0.1) is 6.92 Å². The molecule has 2 aromatic rings. The van der Waals surface area contributed by atoms with Crippen LogP contribution < -0.4 is 5.32 Å². The maximum absolute atomic E-state index is 11.5. The first-order valence-corrected chi connectivity index (χ1v) is 6.15. The largest absolute Gasteiger partial charge is 0.480 e. The van der Waals surface area contributed by atoms with Crippen molar-refractivity contribution < 1.29 is 9.90 Å². The lowest BCUT2D eigenvalue weighted by atomic mass is 9.96. The van der Waals surface area contributed by atoms with Gasteiger partial charge in [0.15, 0.2) is 0 Å². The van der Waals surface area contributed by atoms with Gasteiger partial charge in [-0.25, -0.2) is 9.78 Å². The molecule has 1 unspecified atom stereocenters. The van der Waals surface area contributed by atoms with Crippen LogP contribution >= 0.6 is 0 Å². The first-order chi connectivity index (χ1) is 8.96. The van der Waals surface area contributed by atoms with E-state index in [1.807, 2.05) is 13.8 Å². The number of hydrogen-bond donors (Lipinski definition) is 2. The Hall–Kier alpha value is -2.18. The molecule has 19 heavy (non-hydrogen) atoms. The monoisotopic (exact) mass is 263 g/mol. The Morgan fingerprint density at radius 2 is 2.32 bits per heavy atom. The average molecular weight is 263 g/mol. The highest BCUT2D eigenvalue weighted by atomic mass is 16.4. The summed E-state index contributed by atoms with van der Waals surface area (Å²) >= 11 is 0. The Morgan fingerprint density at radius 3 is 2.95 bits per heavy atom. The zero-order valence-corrected chi connectivity index (χ0v) is 11.2. The van der Waals surface area contributed by atoms with Crippen LogP contribution in [0.3, 0.4) is 0 Å². The van der Waals surface area contributed by atoms with Gasteiger partial charge in [0.1, 0.15) is 17.7 Å². The fourth-order valence-corrected chi connectivity index (χ4v) is 2.03. The highest BCUT2D eigenvalue weighted by molar-refractivity contribution is 5.82. The van der Waals surface area contributed by atoms with Crippen LogP contribution in [0.15, 0.2) is 12.4 Å². The second kappa shape index (κ2) is 4.83. The number of aryl methyl sites for hydroxylation is 1. The summed E-state index contributed by atoms with van der Waals surface area (Å²) in [5, 5.41) is 16.5. The first-order valence-electron chi connectivity index (χ1n) is 6.15. The SMILES string of the molecule is CCCC(C)(Nc1cc(C)nc2ncnn12)C(=O)O. The molecule has 0 bridgehead atoms. The topological polar surface area (TPSA) is 92.4 Å². The maximum atomic E-state index is 11.5. The molecule has 0 radical (unpaired) electrons. The molecule has 0 aliphatic rings. The molecule has 0 spiro atoms. The fourth-order valence-electron chi connectivity index (χ4n) is 2.03. The Bertz CT molecular complexity index is 609. The Balaban J connectivity index is 2.44.